The maximum atomic E-state index is 10.8. The highest BCUT2D eigenvalue weighted by molar-refractivity contribution is 5.84. The van der Waals surface area contributed by atoms with E-state index in [-0.39, 0.29) is 10.8 Å². The van der Waals surface area contributed by atoms with E-state index in [0.29, 0.717) is 0 Å². The predicted molar refractivity (Wildman–Crippen MR) is 114 cm³/mol. The van der Waals surface area contributed by atoms with Crippen LogP contribution in [0, 0.1) is 0 Å². The van der Waals surface area contributed by atoms with Crippen molar-refractivity contribution in [2.24, 2.45) is 0 Å². The molecule has 2 nitrogen and oxygen atoms in total. The molecule has 0 unspecified atom stereocenters. The van der Waals surface area contributed by atoms with Gasteiger partial charge < -0.3 is 5.11 Å². The van der Waals surface area contributed by atoms with E-state index in [1.165, 1.54) is 11.1 Å². The third-order valence-electron chi connectivity index (χ3n) is 4.63. The molecule has 142 valence electrons. The Morgan fingerprint density at radius 1 is 0.741 bits per heavy atom. The molecule has 27 heavy (non-hydrogen) atoms. The van der Waals surface area contributed by atoms with Crippen molar-refractivity contribution in [2.75, 3.05) is 0 Å². The molecule has 0 radical (unpaired) electrons. The zero-order valence-electron chi connectivity index (χ0n) is 17.2. The minimum atomic E-state index is -0.947. The molecule has 0 aliphatic rings. The summed E-state index contributed by atoms with van der Waals surface area (Å²) in [5, 5.41) is 8.90. The van der Waals surface area contributed by atoms with Crippen LogP contribution in [0.4, 0.5) is 0 Å². The number of rotatable bonds is 4. The molecule has 2 rings (SSSR count). The number of carboxylic acid groups (broad SMARTS) is 1. The largest absolute Gasteiger partial charge is 0.478 e. The lowest BCUT2D eigenvalue weighted by atomic mass is 9.84. The van der Waals surface area contributed by atoms with Gasteiger partial charge in [-0.05, 0) is 38.7 Å². The highest BCUT2D eigenvalue weighted by Crippen LogP contribution is 2.29. The van der Waals surface area contributed by atoms with Gasteiger partial charge in [0.2, 0.25) is 0 Å². The number of carboxylic acids is 1. The first-order chi connectivity index (χ1) is 12.5. The number of hydrogen-bond donors (Lipinski definition) is 1. The molecule has 0 fully saturated rings. The molecule has 0 bridgehead atoms. The molecule has 0 aromatic heterocycles. The summed E-state index contributed by atoms with van der Waals surface area (Å²) < 4.78 is 0. The van der Waals surface area contributed by atoms with Crippen molar-refractivity contribution in [3.63, 3.8) is 0 Å². The maximum absolute atomic E-state index is 10.8. The van der Waals surface area contributed by atoms with Crippen molar-refractivity contribution >= 4 is 11.5 Å². The lowest BCUT2D eigenvalue weighted by Crippen LogP contribution is -2.11. The van der Waals surface area contributed by atoms with Crippen LogP contribution in [-0.4, -0.2) is 11.1 Å². The summed E-state index contributed by atoms with van der Waals surface area (Å²) in [5.74, 6) is -0.947. The van der Waals surface area contributed by atoms with E-state index >= 15 is 0 Å². The molecule has 2 heteroatoms. The van der Waals surface area contributed by atoms with E-state index < -0.39 is 5.97 Å². The van der Waals surface area contributed by atoms with Gasteiger partial charge in [-0.15, -0.1) is 0 Å². The summed E-state index contributed by atoms with van der Waals surface area (Å²) in [7, 11) is 0. The number of benzene rings is 2. The highest BCUT2D eigenvalue weighted by atomic mass is 16.4. The van der Waals surface area contributed by atoms with Gasteiger partial charge >= 0.3 is 5.97 Å². The fourth-order valence-corrected chi connectivity index (χ4v) is 2.89. The van der Waals surface area contributed by atoms with E-state index in [4.69, 9.17) is 5.11 Å². The quantitative estimate of drug-likeness (QED) is 0.508. The summed E-state index contributed by atoms with van der Waals surface area (Å²) in [5.41, 5.74) is 5.89. The molecule has 0 aliphatic heterocycles. The van der Waals surface area contributed by atoms with Crippen LogP contribution in [0.15, 0.2) is 66.8 Å². The molecular weight excluding hydrogens is 332 g/mol. The Balaban J connectivity index is 2.47. The van der Waals surface area contributed by atoms with E-state index in [2.05, 4.69) is 90.1 Å². The van der Waals surface area contributed by atoms with Crippen LogP contribution < -0.4 is 0 Å². The molecular formula is C25H30O2. The number of carbonyl (C=O) groups is 1. The first kappa shape index (κ1) is 20.7. The van der Waals surface area contributed by atoms with Gasteiger partial charge in [-0.3, -0.25) is 0 Å². The van der Waals surface area contributed by atoms with E-state index in [0.717, 1.165) is 22.8 Å². The molecule has 2 aromatic carbocycles. The Kier molecular flexibility index (Phi) is 6.10. The summed E-state index contributed by atoms with van der Waals surface area (Å²) >= 11 is 0. The zero-order chi connectivity index (χ0) is 20.2. The van der Waals surface area contributed by atoms with Gasteiger partial charge in [-0.1, -0.05) is 102 Å². The van der Waals surface area contributed by atoms with Crippen molar-refractivity contribution in [1.82, 2.24) is 0 Å². The smallest absolute Gasteiger partial charge is 0.328 e. The summed E-state index contributed by atoms with van der Waals surface area (Å²) in [6, 6.07) is 17.0. The third-order valence-corrected chi connectivity index (χ3v) is 4.63. The highest BCUT2D eigenvalue weighted by Gasteiger charge is 2.15. The van der Waals surface area contributed by atoms with E-state index in [9.17, 15) is 4.79 Å². The number of allylic oxidation sites excluding steroid dienone is 2. The van der Waals surface area contributed by atoms with Crippen LogP contribution >= 0.6 is 0 Å². The van der Waals surface area contributed by atoms with E-state index in [1.54, 1.807) is 6.08 Å². The fraction of sp³-hybridized carbons (Fsp3) is 0.320. The summed E-state index contributed by atoms with van der Waals surface area (Å²) in [6.07, 6.45) is 4.62. The second-order valence-electron chi connectivity index (χ2n) is 8.93. The van der Waals surface area contributed by atoms with Crippen LogP contribution in [0.3, 0.4) is 0 Å². The van der Waals surface area contributed by atoms with Crippen LogP contribution in [0.2, 0.25) is 0 Å². The first-order valence-corrected chi connectivity index (χ1v) is 9.31. The van der Waals surface area contributed by atoms with Crippen LogP contribution in [0.1, 0.15) is 63.8 Å². The molecule has 0 saturated heterocycles. The monoisotopic (exact) mass is 362 g/mol. The van der Waals surface area contributed by atoms with Crippen molar-refractivity contribution < 1.29 is 9.90 Å². The minimum absolute atomic E-state index is 0.0972. The van der Waals surface area contributed by atoms with Gasteiger partial charge in [0.25, 0.3) is 0 Å². The van der Waals surface area contributed by atoms with Gasteiger partial charge in [-0.2, -0.15) is 0 Å². The second-order valence-corrected chi connectivity index (χ2v) is 8.93. The number of aliphatic carboxylic acids is 1. The average Bonchev–Trinajstić information content (AvgIpc) is 2.57. The SMILES string of the molecule is CC(C)(C)c1ccc(C(=C/C=C/C(=O)O)c2ccc(C(C)(C)C)cc2)cc1. The Bertz CT molecular complexity index is 778. The van der Waals surface area contributed by atoms with Crippen molar-refractivity contribution in [2.45, 2.75) is 52.4 Å². The van der Waals surface area contributed by atoms with Crippen LogP contribution in [-0.2, 0) is 15.6 Å². The first-order valence-electron chi connectivity index (χ1n) is 9.31. The van der Waals surface area contributed by atoms with Crippen LogP contribution in [0.25, 0.3) is 5.57 Å². The molecule has 0 atom stereocenters. The molecule has 1 N–H and O–H groups in total. The average molecular weight is 363 g/mol. The standard InChI is InChI=1S/C25H30O2/c1-24(2,3)20-14-10-18(11-15-20)22(8-7-9-23(26)27)19-12-16-21(17-13-19)25(4,5)6/h7-17H,1-6H3,(H,26,27)/b9-7+. The maximum Gasteiger partial charge on any atom is 0.328 e. The minimum Gasteiger partial charge on any atom is -0.478 e. The zero-order valence-corrected chi connectivity index (χ0v) is 17.2. The van der Waals surface area contributed by atoms with Crippen molar-refractivity contribution in [3.8, 4) is 0 Å². The summed E-state index contributed by atoms with van der Waals surface area (Å²) in [6.45, 7) is 13.2. The molecule has 0 amide bonds. The summed E-state index contributed by atoms with van der Waals surface area (Å²) in [4.78, 5) is 10.8. The van der Waals surface area contributed by atoms with Gasteiger partial charge in [0.1, 0.15) is 0 Å². The number of hydrogen-bond acceptors (Lipinski definition) is 1. The van der Waals surface area contributed by atoms with Crippen molar-refractivity contribution in [3.05, 3.63) is 89.0 Å². The predicted octanol–water partition coefficient (Wildman–Crippen LogP) is 6.35. The fourth-order valence-electron chi connectivity index (χ4n) is 2.89. The van der Waals surface area contributed by atoms with Gasteiger partial charge in [0.15, 0.2) is 0 Å². The Labute approximate surface area is 163 Å². The Morgan fingerprint density at radius 2 is 1.11 bits per heavy atom. The molecule has 2 aromatic rings. The normalized spacial score (nSPS) is 12.2. The second kappa shape index (κ2) is 7.96. The molecule has 0 spiro atoms. The lowest BCUT2D eigenvalue weighted by molar-refractivity contribution is -0.131. The molecule has 0 saturated carbocycles. The lowest BCUT2D eigenvalue weighted by Gasteiger charge is -2.21. The van der Waals surface area contributed by atoms with Crippen LogP contribution in [0.5, 0.6) is 0 Å². The van der Waals surface area contributed by atoms with E-state index in [1.807, 2.05) is 6.08 Å². The molecule has 0 heterocycles. The Morgan fingerprint density at radius 3 is 1.41 bits per heavy atom. The third kappa shape index (κ3) is 5.68. The Hall–Kier alpha value is -2.61. The van der Waals surface area contributed by atoms with Gasteiger partial charge in [0.05, 0.1) is 0 Å². The topological polar surface area (TPSA) is 37.3 Å². The van der Waals surface area contributed by atoms with Crippen molar-refractivity contribution in [1.29, 1.82) is 0 Å². The molecule has 0 aliphatic carbocycles. The van der Waals surface area contributed by atoms with Gasteiger partial charge in [0, 0.05) is 6.08 Å². The van der Waals surface area contributed by atoms with Gasteiger partial charge in [-0.25, -0.2) is 4.79 Å².